The standard InChI is InChI=1S/C6H4FNO/c7-4-2-1-3-5-6(4)8-9-5/h1-3,8H. The van der Waals surface area contributed by atoms with Crippen LogP contribution in [0.4, 0.5) is 4.39 Å². The molecule has 2 nitrogen and oxygen atoms in total. The zero-order valence-corrected chi connectivity index (χ0v) is 4.52. The van der Waals surface area contributed by atoms with Crippen molar-refractivity contribution < 1.29 is 8.91 Å². The SMILES string of the molecule is Fc1cccc2o[nH]c12. The Morgan fingerprint density at radius 1 is 1.44 bits per heavy atom. The van der Waals surface area contributed by atoms with Gasteiger partial charge in [-0.15, -0.1) is 0 Å². The van der Waals surface area contributed by atoms with Crippen molar-refractivity contribution in [2.75, 3.05) is 0 Å². The quantitative estimate of drug-likeness (QED) is 0.572. The lowest BCUT2D eigenvalue weighted by atomic mass is 10.3. The molecule has 2 aromatic rings. The Balaban J connectivity index is 2.86. The first-order valence-electron chi connectivity index (χ1n) is 2.59. The summed E-state index contributed by atoms with van der Waals surface area (Å²) in [6.07, 6.45) is 0. The van der Waals surface area contributed by atoms with Gasteiger partial charge in [0.25, 0.3) is 0 Å². The van der Waals surface area contributed by atoms with Crippen molar-refractivity contribution in [2.45, 2.75) is 0 Å². The van der Waals surface area contributed by atoms with Crippen LogP contribution in [0.3, 0.4) is 0 Å². The van der Waals surface area contributed by atoms with Crippen LogP contribution in [0, 0.1) is 5.82 Å². The highest BCUT2D eigenvalue weighted by molar-refractivity contribution is 5.73. The van der Waals surface area contributed by atoms with Crippen molar-refractivity contribution in [1.29, 1.82) is 0 Å². The molecule has 3 heteroatoms. The van der Waals surface area contributed by atoms with E-state index in [-0.39, 0.29) is 5.82 Å². The summed E-state index contributed by atoms with van der Waals surface area (Å²) >= 11 is 0. The average molecular weight is 125 g/mol. The van der Waals surface area contributed by atoms with Crippen molar-refractivity contribution >= 4 is 11.1 Å². The second-order valence-corrected chi connectivity index (χ2v) is 1.82. The van der Waals surface area contributed by atoms with E-state index < -0.39 is 0 Å². The molecule has 0 radical (unpaired) electrons. The van der Waals surface area contributed by atoms with Crippen molar-refractivity contribution in [3.05, 3.63) is 24.0 Å². The van der Waals surface area contributed by atoms with E-state index in [4.69, 9.17) is 0 Å². The molecule has 0 saturated heterocycles. The van der Waals surface area contributed by atoms with Crippen LogP contribution in [0.25, 0.3) is 11.1 Å². The summed E-state index contributed by atoms with van der Waals surface area (Å²) in [5.41, 5.74) is 1.03. The summed E-state index contributed by atoms with van der Waals surface area (Å²) in [5.74, 6) is -0.265. The van der Waals surface area contributed by atoms with Crippen LogP contribution in [0.1, 0.15) is 0 Å². The summed E-state index contributed by atoms with van der Waals surface area (Å²) in [7, 11) is 0. The molecule has 0 spiro atoms. The molecule has 0 saturated carbocycles. The Morgan fingerprint density at radius 3 is 2.78 bits per heavy atom. The zero-order valence-electron chi connectivity index (χ0n) is 4.52. The first-order chi connectivity index (χ1) is 4.38. The monoisotopic (exact) mass is 125 g/mol. The molecule has 46 valence electrons. The van der Waals surface area contributed by atoms with Gasteiger partial charge in [-0.05, 0) is 12.1 Å². The Labute approximate surface area is 50.2 Å². The molecule has 0 aliphatic heterocycles. The molecular formula is C6H4FNO. The number of aromatic nitrogens is 1. The molecule has 0 amide bonds. The smallest absolute Gasteiger partial charge is 0.184 e. The Morgan fingerprint density at radius 2 is 2.33 bits per heavy atom. The summed E-state index contributed by atoms with van der Waals surface area (Å²) in [5, 5.41) is 2.38. The van der Waals surface area contributed by atoms with E-state index in [1.54, 1.807) is 12.1 Å². The minimum Gasteiger partial charge on any atom is -0.379 e. The third-order valence-corrected chi connectivity index (χ3v) is 1.24. The topological polar surface area (TPSA) is 28.9 Å². The van der Waals surface area contributed by atoms with E-state index in [9.17, 15) is 4.39 Å². The molecule has 1 aromatic carbocycles. The number of halogens is 1. The average Bonchev–Trinajstić information content (AvgIpc) is 1.74. The molecule has 0 aliphatic carbocycles. The van der Waals surface area contributed by atoms with Crippen molar-refractivity contribution in [1.82, 2.24) is 5.16 Å². The van der Waals surface area contributed by atoms with E-state index in [0.29, 0.717) is 11.1 Å². The van der Waals surface area contributed by atoms with Crippen LogP contribution in [-0.2, 0) is 0 Å². The van der Waals surface area contributed by atoms with Gasteiger partial charge in [-0.2, -0.15) is 0 Å². The van der Waals surface area contributed by atoms with Gasteiger partial charge in [0.15, 0.2) is 16.9 Å². The molecular weight excluding hydrogens is 121 g/mol. The second kappa shape index (κ2) is 1.37. The molecule has 0 unspecified atom stereocenters. The van der Waals surface area contributed by atoms with Gasteiger partial charge < -0.3 is 4.52 Å². The maximum Gasteiger partial charge on any atom is 0.184 e. The van der Waals surface area contributed by atoms with Crippen LogP contribution in [0.5, 0.6) is 0 Å². The van der Waals surface area contributed by atoms with Crippen LogP contribution in [0.2, 0.25) is 0 Å². The first kappa shape index (κ1) is 4.61. The minimum atomic E-state index is -0.265. The fourth-order valence-corrected chi connectivity index (χ4v) is 0.748. The predicted molar refractivity (Wildman–Crippen MR) is 30.5 cm³/mol. The van der Waals surface area contributed by atoms with Gasteiger partial charge in [0, 0.05) is 0 Å². The molecule has 1 N–H and O–H groups in total. The third-order valence-electron chi connectivity index (χ3n) is 1.24. The third kappa shape index (κ3) is 0.483. The summed E-state index contributed by atoms with van der Waals surface area (Å²) < 4.78 is 17.2. The van der Waals surface area contributed by atoms with E-state index >= 15 is 0 Å². The van der Waals surface area contributed by atoms with Gasteiger partial charge in [-0.3, -0.25) is 0 Å². The number of rotatable bonds is 0. The van der Waals surface area contributed by atoms with Gasteiger partial charge in [-0.1, -0.05) is 6.07 Å². The summed E-state index contributed by atoms with van der Waals surface area (Å²) in [6.45, 7) is 0. The Hall–Kier alpha value is -1.25. The van der Waals surface area contributed by atoms with Gasteiger partial charge >= 0.3 is 0 Å². The first-order valence-corrected chi connectivity index (χ1v) is 2.59. The van der Waals surface area contributed by atoms with E-state index in [0.717, 1.165) is 0 Å². The summed E-state index contributed by atoms with van der Waals surface area (Å²) in [6, 6.07) is 4.69. The lowest BCUT2D eigenvalue weighted by Crippen LogP contribution is -1.86. The molecule has 0 fully saturated rings. The largest absolute Gasteiger partial charge is 0.379 e. The maximum atomic E-state index is 12.5. The molecule has 1 heterocycles. The van der Waals surface area contributed by atoms with Crippen LogP contribution >= 0.6 is 0 Å². The molecule has 2 rings (SSSR count). The highest BCUT2D eigenvalue weighted by Crippen LogP contribution is 2.16. The molecule has 0 bridgehead atoms. The minimum absolute atomic E-state index is 0.265. The summed E-state index contributed by atoms with van der Waals surface area (Å²) in [4.78, 5) is 0. The predicted octanol–water partition coefficient (Wildman–Crippen LogP) is 1.90. The van der Waals surface area contributed by atoms with E-state index in [1.807, 2.05) is 0 Å². The highest BCUT2D eigenvalue weighted by atomic mass is 19.1. The fourth-order valence-electron chi connectivity index (χ4n) is 0.748. The van der Waals surface area contributed by atoms with Crippen molar-refractivity contribution in [2.24, 2.45) is 0 Å². The highest BCUT2D eigenvalue weighted by Gasteiger charge is 2.03. The zero-order chi connectivity index (χ0) is 6.27. The van der Waals surface area contributed by atoms with Crippen molar-refractivity contribution in [3.8, 4) is 0 Å². The fraction of sp³-hybridized carbons (Fsp3) is 0. The molecule has 0 atom stereocenters. The van der Waals surface area contributed by atoms with E-state index in [1.165, 1.54) is 6.07 Å². The lowest BCUT2D eigenvalue weighted by Gasteiger charge is -1.99. The number of hydrogen-bond acceptors (Lipinski definition) is 1. The van der Waals surface area contributed by atoms with Gasteiger partial charge in [0.2, 0.25) is 0 Å². The van der Waals surface area contributed by atoms with Crippen molar-refractivity contribution in [3.63, 3.8) is 0 Å². The number of benzene rings is 1. The normalized spacial score (nSPS) is 10.8. The number of hydrogen-bond donors (Lipinski definition) is 1. The molecule has 1 aromatic heterocycles. The number of fused-ring (bicyclic) bond motifs is 1. The number of H-pyrrole nitrogens is 1. The number of nitrogens with one attached hydrogen (secondary N) is 1. The maximum absolute atomic E-state index is 12.5. The van der Waals surface area contributed by atoms with Gasteiger partial charge in [0.05, 0.1) is 0 Å². The molecule has 9 heavy (non-hydrogen) atoms. The Bertz CT molecular complexity index is 322. The van der Waals surface area contributed by atoms with Crippen LogP contribution in [0.15, 0.2) is 22.7 Å². The molecule has 0 aliphatic rings. The number of para-hydroxylation sites is 1. The van der Waals surface area contributed by atoms with E-state index in [2.05, 4.69) is 9.68 Å². The van der Waals surface area contributed by atoms with Gasteiger partial charge in [-0.25, -0.2) is 9.55 Å². The van der Waals surface area contributed by atoms with Crippen LogP contribution < -0.4 is 0 Å². The van der Waals surface area contributed by atoms with Crippen LogP contribution in [-0.4, -0.2) is 5.16 Å². The second-order valence-electron chi connectivity index (χ2n) is 1.82. The van der Waals surface area contributed by atoms with Gasteiger partial charge in [0.1, 0.15) is 0 Å². The number of aromatic amines is 1. The lowest BCUT2D eigenvalue weighted by molar-refractivity contribution is 0.415. The Kier molecular flexibility index (Phi) is 0.704.